The number of β-amino-alcohol motifs (C(OH)–C–C–N with tert-alkyl or cyclic N) is 1. The average molecular weight is 525 g/mol. The molecule has 37 heavy (non-hydrogen) atoms. The molecule has 0 bridgehead atoms. The number of halogens is 1. The highest BCUT2D eigenvalue weighted by atomic mass is 32.1. The zero-order valence-electron chi connectivity index (χ0n) is 20.5. The molecular weight excluding hydrogens is 495 g/mol. The number of nitrogens with one attached hydrogen (secondary N) is 3. The summed E-state index contributed by atoms with van der Waals surface area (Å²) in [4.78, 5) is 17.3. The van der Waals surface area contributed by atoms with Crippen molar-refractivity contribution in [2.75, 3.05) is 13.2 Å². The van der Waals surface area contributed by atoms with Crippen LogP contribution in [0.3, 0.4) is 0 Å². The maximum atomic E-state index is 14.2. The van der Waals surface area contributed by atoms with Gasteiger partial charge < -0.3 is 35.6 Å². The number of carbonyl (C=O) groups is 1. The van der Waals surface area contributed by atoms with Crippen molar-refractivity contribution < 1.29 is 23.8 Å². The molecule has 8 nitrogen and oxygen atoms in total. The molecule has 4 rings (SSSR count). The highest BCUT2D eigenvalue weighted by Crippen LogP contribution is 2.26. The van der Waals surface area contributed by atoms with Gasteiger partial charge in [-0.2, -0.15) is 0 Å². The summed E-state index contributed by atoms with van der Waals surface area (Å²) in [6.45, 7) is 4.55. The van der Waals surface area contributed by atoms with Crippen molar-refractivity contribution in [3.05, 3.63) is 82.4 Å². The molecule has 1 atom stereocenters. The zero-order valence-corrected chi connectivity index (χ0v) is 21.3. The molecule has 0 aliphatic rings. The van der Waals surface area contributed by atoms with Crippen LogP contribution in [0.25, 0.3) is 11.0 Å². The molecule has 4 aromatic rings. The van der Waals surface area contributed by atoms with Gasteiger partial charge in [0.25, 0.3) is 0 Å². The lowest BCUT2D eigenvalue weighted by Gasteiger charge is -2.28. The Morgan fingerprint density at radius 1 is 1.14 bits per heavy atom. The number of aliphatic hydroxyl groups excluding tert-OH is 1. The molecule has 0 aliphatic carbocycles. The fourth-order valence-corrected chi connectivity index (χ4v) is 4.11. The Bertz CT molecular complexity index is 1450. The topological polar surface area (TPSA) is 125 Å². The molecule has 0 saturated heterocycles. The van der Waals surface area contributed by atoms with Gasteiger partial charge in [-0.05, 0) is 80.5 Å². The number of aromatic nitrogens is 2. The Morgan fingerprint density at radius 2 is 1.89 bits per heavy atom. The number of nitrogens with two attached hydrogens (primary N) is 1. The number of fused-ring (bicyclic) bond motifs is 1. The number of primary amides is 1. The summed E-state index contributed by atoms with van der Waals surface area (Å²) in [5, 5.41) is 13.8. The number of carbonyl (C=O) groups excluding carboxylic acids is 1. The van der Waals surface area contributed by atoms with E-state index in [0.717, 1.165) is 22.7 Å². The first-order valence-corrected chi connectivity index (χ1v) is 12.1. The summed E-state index contributed by atoms with van der Waals surface area (Å²) in [6.07, 6.45) is -0.0371. The Labute approximate surface area is 218 Å². The lowest BCUT2D eigenvalue weighted by atomic mass is 9.94. The number of para-hydroxylation sites is 1. The van der Waals surface area contributed by atoms with E-state index in [0.29, 0.717) is 29.2 Å². The molecule has 6 N–H and O–H groups in total. The van der Waals surface area contributed by atoms with E-state index < -0.39 is 17.8 Å². The standard InChI is InChI=1S/C27H29FN4O4S/c1-27(2,30-14-18(33)15-35-23-5-3-4-21-24(23)32-26(37)31-21)13-16-6-9-19(10-7-16)36-22-11-8-17(25(29)34)12-20(22)28/h3-12,18,30,33H,13-15H2,1-2H3,(H2,29,34)(H2,31,32,37)/t18-/m0/s1. The van der Waals surface area contributed by atoms with E-state index in [9.17, 15) is 14.3 Å². The van der Waals surface area contributed by atoms with Crippen LogP contribution >= 0.6 is 12.2 Å². The van der Waals surface area contributed by atoms with Crippen LogP contribution in [0.15, 0.2) is 60.7 Å². The Kier molecular flexibility index (Phi) is 7.91. The number of H-pyrrole nitrogens is 2. The number of aliphatic hydroxyl groups is 1. The third kappa shape index (κ3) is 6.94. The van der Waals surface area contributed by atoms with E-state index in [-0.39, 0.29) is 23.5 Å². The summed E-state index contributed by atoms with van der Waals surface area (Å²) in [7, 11) is 0. The molecule has 0 spiro atoms. The van der Waals surface area contributed by atoms with Crippen LogP contribution in [0.2, 0.25) is 0 Å². The average Bonchev–Trinajstić information content (AvgIpc) is 3.24. The second-order valence-electron chi connectivity index (χ2n) is 9.42. The SMILES string of the molecule is CC(C)(Cc1ccc(Oc2ccc(C(N)=O)cc2F)cc1)NC[C@H](O)COc1cccc2[nH]c(=S)[nH]c12. The van der Waals surface area contributed by atoms with Gasteiger partial charge in [-0.15, -0.1) is 0 Å². The molecule has 3 aromatic carbocycles. The van der Waals surface area contributed by atoms with Crippen LogP contribution in [0.5, 0.6) is 17.2 Å². The van der Waals surface area contributed by atoms with Gasteiger partial charge in [-0.1, -0.05) is 18.2 Å². The minimum Gasteiger partial charge on any atom is -0.489 e. The van der Waals surface area contributed by atoms with E-state index in [4.69, 9.17) is 27.4 Å². The second-order valence-corrected chi connectivity index (χ2v) is 9.83. The van der Waals surface area contributed by atoms with Crippen molar-refractivity contribution >= 4 is 29.2 Å². The Balaban J connectivity index is 1.27. The van der Waals surface area contributed by atoms with Crippen molar-refractivity contribution in [3.8, 4) is 17.2 Å². The lowest BCUT2D eigenvalue weighted by Crippen LogP contribution is -2.46. The summed E-state index contributed by atoms with van der Waals surface area (Å²) >= 11 is 5.14. The van der Waals surface area contributed by atoms with E-state index in [2.05, 4.69) is 15.3 Å². The van der Waals surface area contributed by atoms with Crippen molar-refractivity contribution in [1.82, 2.24) is 15.3 Å². The maximum absolute atomic E-state index is 14.2. The Morgan fingerprint density at radius 3 is 2.59 bits per heavy atom. The van der Waals surface area contributed by atoms with E-state index in [1.807, 2.05) is 44.2 Å². The van der Waals surface area contributed by atoms with Gasteiger partial charge in [0.2, 0.25) is 5.91 Å². The van der Waals surface area contributed by atoms with E-state index >= 15 is 0 Å². The van der Waals surface area contributed by atoms with Gasteiger partial charge in [0, 0.05) is 17.6 Å². The number of amides is 1. The first-order chi connectivity index (χ1) is 17.6. The highest BCUT2D eigenvalue weighted by molar-refractivity contribution is 7.71. The minimum absolute atomic E-state index is 0.00571. The molecule has 1 aromatic heterocycles. The summed E-state index contributed by atoms with van der Waals surface area (Å²) in [5.41, 5.74) is 7.59. The van der Waals surface area contributed by atoms with Crippen molar-refractivity contribution in [2.24, 2.45) is 5.73 Å². The molecule has 0 unspecified atom stereocenters. The van der Waals surface area contributed by atoms with Gasteiger partial charge in [0.15, 0.2) is 16.3 Å². The first-order valence-electron chi connectivity index (χ1n) is 11.7. The largest absolute Gasteiger partial charge is 0.489 e. The quantitative estimate of drug-likeness (QED) is 0.183. The molecular formula is C27H29FN4O4S. The maximum Gasteiger partial charge on any atom is 0.248 e. The molecule has 0 aliphatic heterocycles. The number of hydrogen-bond acceptors (Lipinski definition) is 6. The minimum atomic E-state index is -0.719. The van der Waals surface area contributed by atoms with Crippen LogP contribution in [0, 0.1) is 10.6 Å². The lowest BCUT2D eigenvalue weighted by molar-refractivity contribution is 0.0994. The predicted molar refractivity (Wildman–Crippen MR) is 142 cm³/mol. The summed E-state index contributed by atoms with van der Waals surface area (Å²) < 4.78 is 26.1. The van der Waals surface area contributed by atoms with E-state index in [1.54, 1.807) is 12.1 Å². The molecule has 0 fully saturated rings. The number of imidazole rings is 1. The van der Waals surface area contributed by atoms with Crippen molar-refractivity contribution in [3.63, 3.8) is 0 Å². The fraction of sp³-hybridized carbons (Fsp3) is 0.259. The molecule has 1 heterocycles. The second kappa shape index (κ2) is 11.1. The van der Waals surface area contributed by atoms with Crippen LogP contribution in [0.1, 0.15) is 29.8 Å². The van der Waals surface area contributed by atoms with E-state index in [1.165, 1.54) is 12.1 Å². The number of ether oxygens (including phenoxy) is 2. The third-order valence-corrected chi connectivity index (χ3v) is 5.98. The van der Waals surface area contributed by atoms with Gasteiger partial charge in [-0.3, -0.25) is 4.79 Å². The summed E-state index contributed by atoms with van der Waals surface area (Å²) in [6, 6.07) is 16.7. The smallest absolute Gasteiger partial charge is 0.248 e. The van der Waals surface area contributed by atoms with Gasteiger partial charge in [0.05, 0.1) is 5.52 Å². The van der Waals surface area contributed by atoms with Crippen molar-refractivity contribution in [2.45, 2.75) is 31.9 Å². The van der Waals surface area contributed by atoms with Crippen LogP contribution in [0.4, 0.5) is 4.39 Å². The monoisotopic (exact) mass is 524 g/mol. The predicted octanol–water partition coefficient (Wildman–Crippen LogP) is 4.61. The number of benzene rings is 3. The number of hydrogen-bond donors (Lipinski definition) is 5. The fourth-order valence-electron chi connectivity index (χ4n) is 3.90. The summed E-state index contributed by atoms with van der Waals surface area (Å²) in [5.74, 6) is -0.280. The van der Waals surface area contributed by atoms with Gasteiger partial charge >= 0.3 is 0 Å². The normalized spacial score (nSPS) is 12.4. The number of rotatable bonds is 11. The molecule has 10 heteroatoms. The first kappa shape index (κ1) is 26.3. The molecule has 194 valence electrons. The van der Waals surface area contributed by atoms with Crippen molar-refractivity contribution in [1.29, 1.82) is 0 Å². The number of aromatic amines is 2. The molecule has 0 radical (unpaired) electrons. The highest BCUT2D eigenvalue weighted by Gasteiger charge is 2.20. The molecule has 0 saturated carbocycles. The van der Waals surface area contributed by atoms with Crippen LogP contribution in [-0.2, 0) is 6.42 Å². The Hall–Kier alpha value is -3.73. The van der Waals surface area contributed by atoms with Crippen LogP contribution < -0.4 is 20.5 Å². The third-order valence-electron chi connectivity index (χ3n) is 5.77. The molecule has 1 amide bonds. The van der Waals surface area contributed by atoms with Gasteiger partial charge in [0.1, 0.15) is 29.7 Å². The van der Waals surface area contributed by atoms with Crippen LogP contribution in [-0.4, -0.2) is 45.8 Å². The zero-order chi connectivity index (χ0) is 26.6. The van der Waals surface area contributed by atoms with Gasteiger partial charge in [-0.25, -0.2) is 4.39 Å².